The van der Waals surface area contributed by atoms with Crippen molar-refractivity contribution in [2.24, 2.45) is 0 Å². The summed E-state index contributed by atoms with van der Waals surface area (Å²) < 4.78 is 18.9. The lowest BCUT2D eigenvalue weighted by atomic mass is 10.1. The lowest BCUT2D eigenvalue weighted by Gasteiger charge is -2.17. The van der Waals surface area contributed by atoms with E-state index in [-0.39, 0.29) is 5.91 Å². The van der Waals surface area contributed by atoms with Crippen LogP contribution in [0.1, 0.15) is 10.4 Å². The van der Waals surface area contributed by atoms with Gasteiger partial charge in [0.05, 0.1) is 53.9 Å². The Labute approximate surface area is 194 Å². The van der Waals surface area contributed by atoms with Crippen molar-refractivity contribution in [3.05, 3.63) is 72.6 Å². The van der Waals surface area contributed by atoms with Crippen molar-refractivity contribution >= 4 is 34.6 Å². The Kier molecular flexibility index (Phi) is 6.44. The summed E-state index contributed by atoms with van der Waals surface area (Å²) >= 11 is 0. The quantitative estimate of drug-likeness (QED) is 0.326. The first kappa shape index (κ1) is 22.4. The number of anilines is 5. The van der Waals surface area contributed by atoms with Crippen LogP contribution in [-0.4, -0.2) is 40.0 Å². The molecule has 0 aliphatic carbocycles. The first-order valence-corrected chi connectivity index (χ1v) is 10.1. The highest BCUT2D eigenvalue weighted by Gasteiger charge is 2.17. The number of hydrogen-bond acceptors (Lipinski definition) is 9. The molecule has 5 N–H and O–H groups in total. The molecule has 1 aromatic carbocycles. The second-order valence-electron chi connectivity index (χ2n) is 7.03. The summed E-state index contributed by atoms with van der Waals surface area (Å²) in [5, 5.41) is 8.91. The number of benzene rings is 1. The predicted octanol–water partition coefficient (Wildman–Crippen LogP) is 3.51. The molecule has 34 heavy (non-hydrogen) atoms. The molecule has 0 radical (unpaired) electrons. The van der Waals surface area contributed by atoms with Crippen LogP contribution in [0.4, 0.5) is 33.1 Å². The van der Waals surface area contributed by atoms with E-state index in [0.29, 0.717) is 51.4 Å². The molecule has 0 saturated carbocycles. The summed E-state index contributed by atoms with van der Waals surface area (Å²) in [6.45, 7) is 0. The van der Waals surface area contributed by atoms with Crippen molar-refractivity contribution in [2.45, 2.75) is 0 Å². The van der Waals surface area contributed by atoms with Gasteiger partial charge in [0.2, 0.25) is 0 Å². The van der Waals surface area contributed by atoms with Crippen LogP contribution < -0.4 is 26.4 Å². The van der Waals surface area contributed by atoms with Crippen LogP contribution in [0.3, 0.4) is 0 Å². The molecule has 0 bridgehead atoms. The van der Waals surface area contributed by atoms with E-state index in [2.05, 4.69) is 35.9 Å². The number of nitrogens with two attached hydrogens (primary N) is 1. The van der Waals surface area contributed by atoms with Gasteiger partial charge in [-0.05, 0) is 24.3 Å². The van der Waals surface area contributed by atoms with Gasteiger partial charge in [-0.1, -0.05) is 6.07 Å². The number of pyridine rings is 2. The monoisotopic (exact) mass is 460 g/mol. The number of hydrogen-bond donors (Lipinski definition) is 4. The Bertz CT molecular complexity index is 1310. The molecule has 172 valence electrons. The summed E-state index contributed by atoms with van der Waals surface area (Å²) in [5.41, 5.74) is 8.08. The molecule has 4 rings (SSSR count). The third-order valence-electron chi connectivity index (χ3n) is 4.77. The van der Waals surface area contributed by atoms with Gasteiger partial charge in [-0.3, -0.25) is 4.79 Å². The van der Waals surface area contributed by atoms with E-state index >= 15 is 0 Å². The molecule has 3 heterocycles. The minimum Gasteiger partial charge on any atom is -0.494 e. The van der Waals surface area contributed by atoms with Crippen molar-refractivity contribution in [1.82, 2.24) is 25.3 Å². The molecule has 0 fully saturated rings. The van der Waals surface area contributed by atoms with Gasteiger partial charge in [0.1, 0.15) is 11.6 Å². The average Bonchev–Trinajstić information content (AvgIpc) is 2.85. The Balaban J connectivity index is 1.73. The van der Waals surface area contributed by atoms with Crippen LogP contribution in [0.15, 0.2) is 61.2 Å². The molecule has 0 aliphatic heterocycles. The molecular weight excluding hydrogens is 439 g/mol. The van der Waals surface area contributed by atoms with E-state index in [9.17, 15) is 9.18 Å². The van der Waals surface area contributed by atoms with Gasteiger partial charge in [0, 0.05) is 19.3 Å². The summed E-state index contributed by atoms with van der Waals surface area (Å²) in [6, 6.07) is 10.4. The van der Waals surface area contributed by atoms with Gasteiger partial charge < -0.3 is 26.4 Å². The predicted molar refractivity (Wildman–Crippen MR) is 127 cm³/mol. The number of para-hydroxylation sites is 1. The molecule has 0 atom stereocenters. The second kappa shape index (κ2) is 9.77. The lowest BCUT2D eigenvalue weighted by Crippen LogP contribution is -2.19. The van der Waals surface area contributed by atoms with Crippen molar-refractivity contribution in [3.63, 3.8) is 0 Å². The minimum atomic E-state index is -0.542. The SMILES string of the molecule is CNC(=O)c1cnc(Nc2ccc(N)cn2)cc1Nc1cccc(-c2ncc(F)cn2)c1OC. The van der Waals surface area contributed by atoms with Crippen molar-refractivity contribution in [3.8, 4) is 17.1 Å². The zero-order chi connectivity index (χ0) is 24.1. The van der Waals surface area contributed by atoms with Crippen LogP contribution in [0, 0.1) is 5.82 Å². The summed E-state index contributed by atoms with van der Waals surface area (Å²) in [7, 11) is 3.03. The fraction of sp³-hybridized carbons (Fsp3) is 0.0870. The molecule has 0 saturated heterocycles. The number of nitrogens with one attached hydrogen (secondary N) is 3. The summed E-state index contributed by atoms with van der Waals surface area (Å²) in [5.74, 6) is 0.824. The van der Waals surface area contributed by atoms with Gasteiger partial charge in [0.15, 0.2) is 17.4 Å². The number of carbonyl (C=O) groups excluding carboxylic acids is 1. The summed E-state index contributed by atoms with van der Waals surface area (Å²) in [4.78, 5) is 29.1. The Morgan fingerprint density at radius 3 is 2.38 bits per heavy atom. The van der Waals surface area contributed by atoms with Crippen molar-refractivity contribution < 1.29 is 13.9 Å². The van der Waals surface area contributed by atoms with E-state index in [1.807, 2.05) is 0 Å². The number of halogens is 1. The molecule has 11 heteroatoms. The maximum absolute atomic E-state index is 13.3. The first-order chi connectivity index (χ1) is 16.5. The van der Waals surface area contributed by atoms with E-state index in [1.54, 1.807) is 36.4 Å². The van der Waals surface area contributed by atoms with Gasteiger partial charge in [-0.25, -0.2) is 24.3 Å². The number of nitrogen functional groups attached to an aromatic ring is 1. The third kappa shape index (κ3) is 4.83. The normalized spacial score (nSPS) is 10.4. The molecule has 10 nitrogen and oxygen atoms in total. The minimum absolute atomic E-state index is 0.292. The van der Waals surface area contributed by atoms with Crippen LogP contribution >= 0.6 is 0 Å². The average molecular weight is 460 g/mol. The Hall–Kier alpha value is -4.80. The number of methoxy groups -OCH3 is 1. The van der Waals surface area contributed by atoms with Crippen molar-refractivity contribution in [2.75, 3.05) is 30.5 Å². The summed E-state index contributed by atoms with van der Waals surface area (Å²) in [6.07, 6.45) is 5.13. The first-order valence-electron chi connectivity index (χ1n) is 10.1. The highest BCUT2D eigenvalue weighted by Crippen LogP contribution is 2.37. The zero-order valence-electron chi connectivity index (χ0n) is 18.3. The zero-order valence-corrected chi connectivity index (χ0v) is 18.3. The number of ether oxygens (including phenoxy) is 1. The van der Waals surface area contributed by atoms with Gasteiger partial charge in [-0.15, -0.1) is 0 Å². The van der Waals surface area contributed by atoms with Crippen LogP contribution in [0.5, 0.6) is 5.75 Å². The van der Waals surface area contributed by atoms with E-state index in [1.165, 1.54) is 26.6 Å². The molecule has 4 aromatic rings. The highest BCUT2D eigenvalue weighted by molar-refractivity contribution is 6.00. The van der Waals surface area contributed by atoms with Gasteiger partial charge in [0.25, 0.3) is 5.91 Å². The number of aromatic nitrogens is 4. The highest BCUT2D eigenvalue weighted by atomic mass is 19.1. The van der Waals surface area contributed by atoms with Gasteiger partial charge in [-0.2, -0.15) is 0 Å². The fourth-order valence-electron chi connectivity index (χ4n) is 3.18. The fourth-order valence-corrected chi connectivity index (χ4v) is 3.18. The van der Waals surface area contributed by atoms with Crippen LogP contribution in [0.25, 0.3) is 11.4 Å². The molecule has 0 spiro atoms. The molecule has 0 aliphatic rings. The second-order valence-corrected chi connectivity index (χ2v) is 7.03. The van der Waals surface area contributed by atoms with Crippen molar-refractivity contribution in [1.29, 1.82) is 0 Å². The number of carbonyl (C=O) groups is 1. The third-order valence-corrected chi connectivity index (χ3v) is 4.77. The van der Waals surface area contributed by atoms with E-state index < -0.39 is 5.82 Å². The maximum atomic E-state index is 13.3. The topological polar surface area (TPSA) is 140 Å². The number of amides is 1. The number of nitrogens with zero attached hydrogens (tertiary/aromatic N) is 4. The van der Waals surface area contributed by atoms with Gasteiger partial charge >= 0.3 is 0 Å². The molecular formula is C23H21FN8O2. The largest absolute Gasteiger partial charge is 0.494 e. The Morgan fingerprint density at radius 2 is 1.71 bits per heavy atom. The molecule has 3 aromatic heterocycles. The Morgan fingerprint density at radius 1 is 0.941 bits per heavy atom. The molecule has 0 unspecified atom stereocenters. The maximum Gasteiger partial charge on any atom is 0.254 e. The molecule has 1 amide bonds. The van der Waals surface area contributed by atoms with E-state index in [0.717, 1.165) is 12.4 Å². The smallest absolute Gasteiger partial charge is 0.254 e. The lowest BCUT2D eigenvalue weighted by molar-refractivity contribution is 0.0963. The number of rotatable bonds is 7. The van der Waals surface area contributed by atoms with E-state index in [4.69, 9.17) is 10.5 Å². The standard InChI is InChI=1S/C23H21FN8O2/c1-26-23(33)16-12-28-20(32-19-7-6-14(25)11-27-19)8-18(16)31-17-5-3-4-15(21(17)34-2)22-29-9-13(24)10-30-22/h3-12H,25H2,1-2H3,(H,26,33)(H2,27,28,31,32). The van der Waals surface area contributed by atoms with Crippen LogP contribution in [0.2, 0.25) is 0 Å². The van der Waals surface area contributed by atoms with Crippen LogP contribution in [-0.2, 0) is 0 Å².